The van der Waals surface area contributed by atoms with E-state index in [4.69, 9.17) is 10.6 Å². The van der Waals surface area contributed by atoms with Gasteiger partial charge in [-0.15, -0.1) is 13.2 Å². The van der Waals surface area contributed by atoms with E-state index in [-0.39, 0.29) is 23.1 Å². The first-order valence-corrected chi connectivity index (χ1v) is 10.5. The van der Waals surface area contributed by atoms with E-state index in [1.54, 1.807) is 18.2 Å². The average molecular weight is 437 g/mol. The Bertz CT molecular complexity index is 893. The van der Waals surface area contributed by atoms with Gasteiger partial charge in [-0.05, 0) is 65.5 Å². The van der Waals surface area contributed by atoms with E-state index in [1.807, 2.05) is 12.1 Å². The zero-order valence-electron chi connectivity index (χ0n) is 18.5. The lowest BCUT2D eigenvalue weighted by molar-refractivity contribution is -0.274. The Morgan fingerprint density at radius 2 is 1.84 bits per heavy atom. The zero-order valence-corrected chi connectivity index (χ0v) is 18.5. The summed E-state index contributed by atoms with van der Waals surface area (Å²) in [5.41, 5.74) is 3.01. The Balaban J connectivity index is 1.93. The molecule has 0 aliphatic carbocycles. The van der Waals surface area contributed by atoms with Gasteiger partial charge in [-0.1, -0.05) is 45.0 Å². The summed E-state index contributed by atoms with van der Waals surface area (Å²) in [6.45, 7) is 7.17. The standard InChI is InChI=1S/C24H31F3N2O2/c1-23(2,3)19-10-11-21(30-4)18(14-19)13-16-8-6-12-29(28)22(16)17-7-5-9-20(15-17)31-24(25,26)27/h5,7,9-11,14-16,22H,6,8,12-13,28H2,1-4H3/t16-,22-/m0/s1. The molecule has 2 atom stereocenters. The summed E-state index contributed by atoms with van der Waals surface area (Å²) >= 11 is 0. The SMILES string of the molecule is COc1ccc(C(C)(C)C)cc1C[C@@H]1CCCN(N)[C@@H]1c1cccc(OC(F)(F)F)c1. The van der Waals surface area contributed by atoms with Gasteiger partial charge in [0.05, 0.1) is 13.2 Å². The Hall–Kier alpha value is -2.25. The van der Waals surface area contributed by atoms with Gasteiger partial charge in [0.1, 0.15) is 11.5 Å². The molecule has 1 aliphatic rings. The second kappa shape index (κ2) is 9.09. The van der Waals surface area contributed by atoms with Crippen LogP contribution in [0, 0.1) is 5.92 Å². The number of nitrogens with two attached hydrogens (primary N) is 1. The van der Waals surface area contributed by atoms with Crippen LogP contribution in [0.25, 0.3) is 0 Å². The predicted molar refractivity (Wildman–Crippen MR) is 115 cm³/mol. The minimum Gasteiger partial charge on any atom is -0.496 e. The topological polar surface area (TPSA) is 47.7 Å². The number of methoxy groups -OCH3 is 1. The minimum atomic E-state index is -4.73. The Kier molecular flexibility index (Phi) is 6.86. The van der Waals surface area contributed by atoms with Crippen LogP contribution in [-0.4, -0.2) is 25.0 Å². The third-order valence-corrected chi connectivity index (χ3v) is 5.86. The minimum absolute atomic E-state index is 0.00381. The third-order valence-electron chi connectivity index (χ3n) is 5.86. The molecule has 7 heteroatoms. The summed E-state index contributed by atoms with van der Waals surface area (Å²) in [5, 5.41) is 1.74. The van der Waals surface area contributed by atoms with Gasteiger partial charge in [-0.25, -0.2) is 5.01 Å². The number of piperidine rings is 1. The maximum atomic E-state index is 12.7. The lowest BCUT2D eigenvalue weighted by atomic mass is 9.79. The molecule has 0 bridgehead atoms. The lowest BCUT2D eigenvalue weighted by Gasteiger charge is -2.39. The van der Waals surface area contributed by atoms with E-state index in [0.29, 0.717) is 6.54 Å². The highest BCUT2D eigenvalue weighted by atomic mass is 19.4. The van der Waals surface area contributed by atoms with Crippen LogP contribution in [0.2, 0.25) is 0 Å². The summed E-state index contributed by atoms with van der Waals surface area (Å²) in [4.78, 5) is 0. The fourth-order valence-corrected chi connectivity index (χ4v) is 4.36. The van der Waals surface area contributed by atoms with Gasteiger partial charge in [0.2, 0.25) is 0 Å². The molecule has 2 N–H and O–H groups in total. The second-order valence-corrected chi connectivity index (χ2v) is 9.19. The maximum Gasteiger partial charge on any atom is 0.573 e. The van der Waals surface area contributed by atoms with Gasteiger partial charge in [-0.3, -0.25) is 5.84 Å². The normalized spacial score (nSPS) is 20.5. The first kappa shape index (κ1) is 23.4. The van der Waals surface area contributed by atoms with Crippen molar-refractivity contribution in [2.75, 3.05) is 13.7 Å². The van der Waals surface area contributed by atoms with Gasteiger partial charge in [0.25, 0.3) is 0 Å². The number of hydrazine groups is 1. The van der Waals surface area contributed by atoms with Gasteiger partial charge in [0.15, 0.2) is 0 Å². The van der Waals surface area contributed by atoms with Crippen molar-refractivity contribution in [1.29, 1.82) is 0 Å². The number of hydrogen-bond acceptors (Lipinski definition) is 4. The molecule has 0 saturated carbocycles. The quantitative estimate of drug-likeness (QED) is 0.606. The zero-order chi connectivity index (χ0) is 22.8. The number of hydrogen-bond donors (Lipinski definition) is 1. The van der Waals surface area contributed by atoms with E-state index >= 15 is 0 Å². The van der Waals surface area contributed by atoms with E-state index in [0.717, 1.165) is 36.1 Å². The summed E-state index contributed by atoms with van der Waals surface area (Å²) in [6.07, 6.45) is -2.16. The van der Waals surface area contributed by atoms with Crippen molar-refractivity contribution in [1.82, 2.24) is 5.01 Å². The highest BCUT2D eigenvalue weighted by Crippen LogP contribution is 2.40. The molecular weight excluding hydrogens is 405 g/mol. The van der Waals surface area contributed by atoms with Gasteiger partial charge in [0, 0.05) is 6.54 Å². The van der Waals surface area contributed by atoms with Crippen LogP contribution in [0.4, 0.5) is 13.2 Å². The van der Waals surface area contributed by atoms with E-state index in [2.05, 4.69) is 37.6 Å². The number of benzene rings is 2. The predicted octanol–water partition coefficient (Wildman–Crippen LogP) is 5.76. The molecule has 2 aromatic carbocycles. The summed E-state index contributed by atoms with van der Waals surface area (Å²) in [6, 6.07) is 12.2. The highest BCUT2D eigenvalue weighted by Gasteiger charge is 2.34. The Morgan fingerprint density at radius 1 is 1.10 bits per heavy atom. The molecule has 1 fully saturated rings. The van der Waals surface area contributed by atoms with Gasteiger partial charge < -0.3 is 9.47 Å². The van der Waals surface area contributed by atoms with Crippen molar-refractivity contribution in [2.24, 2.45) is 11.8 Å². The second-order valence-electron chi connectivity index (χ2n) is 9.19. The molecule has 170 valence electrons. The van der Waals surface area contributed by atoms with Crippen LogP contribution in [0.1, 0.15) is 56.3 Å². The van der Waals surface area contributed by atoms with Crippen molar-refractivity contribution in [3.05, 3.63) is 59.2 Å². The highest BCUT2D eigenvalue weighted by molar-refractivity contribution is 5.40. The van der Waals surface area contributed by atoms with Crippen LogP contribution in [0.5, 0.6) is 11.5 Å². The van der Waals surface area contributed by atoms with Crippen LogP contribution in [0.15, 0.2) is 42.5 Å². The van der Waals surface area contributed by atoms with E-state index in [1.165, 1.54) is 17.7 Å². The molecule has 3 rings (SSSR count). The fourth-order valence-electron chi connectivity index (χ4n) is 4.36. The molecule has 0 radical (unpaired) electrons. The smallest absolute Gasteiger partial charge is 0.496 e. The van der Waals surface area contributed by atoms with Gasteiger partial charge >= 0.3 is 6.36 Å². The number of alkyl halides is 3. The average Bonchev–Trinajstić information content (AvgIpc) is 2.66. The Labute approximate surface area is 182 Å². The molecule has 4 nitrogen and oxygen atoms in total. The molecule has 0 spiro atoms. The molecule has 1 aliphatic heterocycles. The van der Waals surface area contributed by atoms with Gasteiger partial charge in [-0.2, -0.15) is 0 Å². The lowest BCUT2D eigenvalue weighted by Crippen LogP contribution is -2.44. The summed E-state index contributed by atoms with van der Waals surface area (Å²) < 4.78 is 47.8. The summed E-state index contributed by atoms with van der Waals surface area (Å²) in [5.74, 6) is 7.06. The van der Waals surface area contributed by atoms with Crippen molar-refractivity contribution in [3.63, 3.8) is 0 Å². The van der Waals surface area contributed by atoms with Crippen molar-refractivity contribution < 1.29 is 22.6 Å². The van der Waals surface area contributed by atoms with Crippen molar-refractivity contribution in [3.8, 4) is 11.5 Å². The van der Waals surface area contributed by atoms with Crippen molar-refractivity contribution in [2.45, 2.75) is 57.9 Å². The maximum absolute atomic E-state index is 12.7. The van der Waals surface area contributed by atoms with Crippen LogP contribution >= 0.6 is 0 Å². The number of rotatable bonds is 5. The fraction of sp³-hybridized carbons (Fsp3) is 0.500. The monoisotopic (exact) mass is 436 g/mol. The molecule has 1 heterocycles. The molecule has 2 aromatic rings. The molecule has 0 unspecified atom stereocenters. The first-order valence-electron chi connectivity index (χ1n) is 10.5. The molecule has 0 amide bonds. The van der Waals surface area contributed by atoms with Crippen LogP contribution < -0.4 is 15.3 Å². The molecule has 1 saturated heterocycles. The van der Waals surface area contributed by atoms with E-state index in [9.17, 15) is 13.2 Å². The number of nitrogens with zero attached hydrogens (tertiary/aromatic N) is 1. The van der Waals surface area contributed by atoms with E-state index < -0.39 is 6.36 Å². The van der Waals surface area contributed by atoms with Crippen LogP contribution in [0.3, 0.4) is 0 Å². The third kappa shape index (κ3) is 5.92. The molecule has 0 aromatic heterocycles. The molecule has 31 heavy (non-hydrogen) atoms. The molecular formula is C24H31F3N2O2. The number of ether oxygens (including phenoxy) is 2. The van der Waals surface area contributed by atoms with Crippen molar-refractivity contribution >= 4 is 0 Å². The Morgan fingerprint density at radius 3 is 2.48 bits per heavy atom. The first-order chi connectivity index (χ1) is 14.5. The number of halogens is 3. The summed E-state index contributed by atoms with van der Waals surface area (Å²) in [7, 11) is 1.65. The largest absolute Gasteiger partial charge is 0.573 e. The van der Waals surface area contributed by atoms with Crippen LogP contribution in [-0.2, 0) is 11.8 Å².